The molecule has 0 unspecified atom stereocenters. The summed E-state index contributed by atoms with van der Waals surface area (Å²) in [6.07, 6.45) is 0.958. The van der Waals surface area contributed by atoms with Crippen LogP contribution in [0.1, 0.15) is 12.0 Å². The lowest BCUT2D eigenvalue weighted by atomic mass is 10.1. The molecule has 0 saturated carbocycles. The average Bonchev–Trinajstić information content (AvgIpc) is 2.24. The molecule has 1 rings (SSSR count). The molecule has 0 aromatic heterocycles. The number of esters is 1. The number of hydrogen-bond acceptors (Lipinski definition) is 2. The highest BCUT2D eigenvalue weighted by Gasteiger charge is 2.06. The van der Waals surface area contributed by atoms with Crippen LogP contribution in [0.2, 0.25) is 0 Å². The monoisotopic (exact) mass is 352 g/mol. The van der Waals surface area contributed by atoms with Gasteiger partial charge in [-0.3, -0.25) is 4.79 Å². The van der Waals surface area contributed by atoms with Crippen molar-refractivity contribution in [2.24, 2.45) is 0 Å². The first-order chi connectivity index (χ1) is 7.63. The SMILES string of the molecule is O=C(Cc1ccc(F)c(Br)c1)OCCCBr. The van der Waals surface area contributed by atoms with Crippen LogP contribution in [0.4, 0.5) is 4.39 Å². The van der Waals surface area contributed by atoms with E-state index in [0.29, 0.717) is 11.1 Å². The molecule has 1 aromatic rings. The Labute approximate surface area is 110 Å². The number of halogens is 3. The summed E-state index contributed by atoms with van der Waals surface area (Å²) in [6, 6.07) is 4.48. The van der Waals surface area contributed by atoms with Crippen LogP contribution in [0.5, 0.6) is 0 Å². The molecule has 0 aliphatic rings. The van der Waals surface area contributed by atoms with E-state index in [0.717, 1.165) is 17.3 Å². The molecule has 0 heterocycles. The first kappa shape index (κ1) is 13.6. The van der Waals surface area contributed by atoms with Gasteiger partial charge in [-0.05, 0) is 40.0 Å². The third-order valence-electron chi connectivity index (χ3n) is 1.87. The summed E-state index contributed by atoms with van der Waals surface area (Å²) in [7, 11) is 0. The molecule has 5 heteroatoms. The molecule has 0 saturated heterocycles. The number of carbonyl (C=O) groups excluding carboxylic acids is 1. The third-order valence-corrected chi connectivity index (χ3v) is 3.04. The first-order valence-corrected chi connectivity index (χ1v) is 6.70. The molecule has 0 radical (unpaired) electrons. The van der Waals surface area contributed by atoms with Gasteiger partial charge in [0, 0.05) is 5.33 Å². The van der Waals surface area contributed by atoms with Crippen molar-refractivity contribution in [2.75, 3.05) is 11.9 Å². The van der Waals surface area contributed by atoms with Crippen molar-refractivity contribution in [3.8, 4) is 0 Å². The minimum absolute atomic E-state index is 0.168. The van der Waals surface area contributed by atoms with Gasteiger partial charge in [-0.15, -0.1) is 0 Å². The maximum absolute atomic E-state index is 12.9. The van der Waals surface area contributed by atoms with E-state index >= 15 is 0 Å². The third kappa shape index (κ3) is 4.61. The number of rotatable bonds is 5. The fourth-order valence-electron chi connectivity index (χ4n) is 1.11. The van der Waals surface area contributed by atoms with Crippen LogP contribution in [0.15, 0.2) is 22.7 Å². The van der Waals surface area contributed by atoms with E-state index in [1.165, 1.54) is 6.07 Å². The lowest BCUT2D eigenvalue weighted by molar-refractivity contribution is -0.142. The Morgan fingerprint density at radius 2 is 2.19 bits per heavy atom. The van der Waals surface area contributed by atoms with Crippen molar-refractivity contribution in [1.82, 2.24) is 0 Å². The van der Waals surface area contributed by atoms with Gasteiger partial charge in [0.15, 0.2) is 0 Å². The van der Waals surface area contributed by atoms with E-state index in [1.54, 1.807) is 12.1 Å². The molecule has 0 aliphatic carbocycles. The smallest absolute Gasteiger partial charge is 0.310 e. The number of hydrogen-bond donors (Lipinski definition) is 0. The van der Waals surface area contributed by atoms with Crippen molar-refractivity contribution >= 4 is 37.8 Å². The normalized spacial score (nSPS) is 10.2. The zero-order valence-corrected chi connectivity index (χ0v) is 11.7. The summed E-state index contributed by atoms with van der Waals surface area (Å²) in [5.41, 5.74) is 0.733. The van der Waals surface area contributed by atoms with Gasteiger partial charge in [-0.1, -0.05) is 22.0 Å². The molecule has 16 heavy (non-hydrogen) atoms. The number of ether oxygens (including phenoxy) is 1. The molecule has 0 spiro atoms. The van der Waals surface area contributed by atoms with Crippen molar-refractivity contribution in [3.63, 3.8) is 0 Å². The summed E-state index contributed by atoms with van der Waals surface area (Å²) < 4.78 is 18.3. The summed E-state index contributed by atoms with van der Waals surface area (Å²) >= 11 is 6.31. The Morgan fingerprint density at radius 3 is 2.81 bits per heavy atom. The van der Waals surface area contributed by atoms with Gasteiger partial charge >= 0.3 is 5.97 Å². The van der Waals surface area contributed by atoms with Crippen LogP contribution in [-0.2, 0) is 16.0 Å². The summed E-state index contributed by atoms with van der Waals surface area (Å²) in [5, 5.41) is 0.808. The van der Waals surface area contributed by atoms with E-state index in [1.807, 2.05) is 0 Å². The maximum Gasteiger partial charge on any atom is 0.310 e. The van der Waals surface area contributed by atoms with Gasteiger partial charge in [0.05, 0.1) is 17.5 Å². The molecule has 0 aliphatic heterocycles. The maximum atomic E-state index is 12.9. The van der Waals surface area contributed by atoms with Crippen molar-refractivity contribution in [2.45, 2.75) is 12.8 Å². The molecule has 2 nitrogen and oxygen atoms in total. The molecule has 0 atom stereocenters. The zero-order valence-electron chi connectivity index (χ0n) is 8.51. The quantitative estimate of drug-likeness (QED) is 0.460. The predicted molar refractivity (Wildman–Crippen MR) is 67.2 cm³/mol. The van der Waals surface area contributed by atoms with E-state index < -0.39 is 0 Å². The standard InChI is InChI=1S/C11H11Br2FO2/c12-4-1-5-16-11(15)7-8-2-3-10(14)9(13)6-8/h2-3,6H,1,4-5,7H2. The Bertz CT molecular complexity index is 369. The van der Waals surface area contributed by atoms with Crippen LogP contribution in [-0.4, -0.2) is 17.9 Å². The van der Waals surface area contributed by atoms with Gasteiger partial charge in [-0.25, -0.2) is 4.39 Å². The highest BCUT2D eigenvalue weighted by atomic mass is 79.9. The predicted octanol–water partition coefficient (Wildman–Crippen LogP) is 3.46. The number of carbonyl (C=O) groups is 1. The molecule has 88 valence electrons. The molecule has 1 aromatic carbocycles. The van der Waals surface area contributed by atoms with Crippen molar-refractivity contribution in [1.29, 1.82) is 0 Å². The second kappa shape index (κ2) is 7.01. The van der Waals surface area contributed by atoms with Crippen LogP contribution < -0.4 is 0 Å². The van der Waals surface area contributed by atoms with Crippen LogP contribution >= 0.6 is 31.9 Å². The van der Waals surface area contributed by atoms with Gasteiger partial charge in [-0.2, -0.15) is 0 Å². The van der Waals surface area contributed by atoms with Crippen LogP contribution in [0, 0.1) is 5.82 Å². The Balaban J connectivity index is 2.46. The fraction of sp³-hybridized carbons (Fsp3) is 0.364. The lowest BCUT2D eigenvalue weighted by Gasteiger charge is -2.04. The topological polar surface area (TPSA) is 26.3 Å². The summed E-state index contributed by atoms with van der Waals surface area (Å²) in [4.78, 5) is 11.3. The van der Waals surface area contributed by atoms with E-state index in [9.17, 15) is 9.18 Å². The number of alkyl halides is 1. The van der Waals surface area contributed by atoms with E-state index in [2.05, 4.69) is 31.9 Å². The lowest BCUT2D eigenvalue weighted by Crippen LogP contribution is -2.09. The fourth-order valence-corrected chi connectivity index (χ4v) is 1.76. The molecule has 0 N–H and O–H groups in total. The molecule has 0 amide bonds. The molecule has 0 fully saturated rings. The van der Waals surface area contributed by atoms with Gasteiger partial charge in [0.25, 0.3) is 0 Å². The van der Waals surface area contributed by atoms with Crippen molar-refractivity contribution in [3.05, 3.63) is 34.1 Å². The average molecular weight is 354 g/mol. The summed E-state index contributed by atoms with van der Waals surface area (Å²) in [6.45, 7) is 0.409. The van der Waals surface area contributed by atoms with Gasteiger partial charge in [0.2, 0.25) is 0 Å². The second-order valence-electron chi connectivity index (χ2n) is 3.19. The molecule has 0 bridgehead atoms. The highest BCUT2D eigenvalue weighted by molar-refractivity contribution is 9.10. The largest absolute Gasteiger partial charge is 0.465 e. The van der Waals surface area contributed by atoms with Crippen molar-refractivity contribution < 1.29 is 13.9 Å². The van der Waals surface area contributed by atoms with Gasteiger partial charge < -0.3 is 4.74 Å². The van der Waals surface area contributed by atoms with Crippen LogP contribution in [0.3, 0.4) is 0 Å². The zero-order chi connectivity index (χ0) is 12.0. The van der Waals surface area contributed by atoms with Gasteiger partial charge in [0.1, 0.15) is 5.82 Å². The molecular weight excluding hydrogens is 343 g/mol. The number of benzene rings is 1. The van der Waals surface area contributed by atoms with E-state index in [4.69, 9.17) is 4.74 Å². The van der Waals surface area contributed by atoms with Crippen LogP contribution in [0.25, 0.3) is 0 Å². The minimum atomic E-state index is -0.337. The Morgan fingerprint density at radius 1 is 1.44 bits per heavy atom. The first-order valence-electron chi connectivity index (χ1n) is 4.79. The Kier molecular flexibility index (Phi) is 5.98. The second-order valence-corrected chi connectivity index (χ2v) is 4.84. The van der Waals surface area contributed by atoms with E-state index in [-0.39, 0.29) is 18.2 Å². The Hall–Kier alpha value is -0.420. The minimum Gasteiger partial charge on any atom is -0.465 e. The molecular formula is C11H11Br2FO2. The summed E-state index contributed by atoms with van der Waals surface area (Å²) in [5.74, 6) is -0.629. The highest BCUT2D eigenvalue weighted by Crippen LogP contribution is 2.17.